The van der Waals surface area contributed by atoms with E-state index in [1.807, 2.05) is 6.92 Å². The van der Waals surface area contributed by atoms with Crippen LogP contribution < -0.4 is 10.2 Å². The fraction of sp³-hybridized carbons (Fsp3) is 0.562. The number of nitrogens with one attached hydrogen (secondary N) is 2. The van der Waals surface area contributed by atoms with Crippen LogP contribution in [0.15, 0.2) is 24.3 Å². The summed E-state index contributed by atoms with van der Waals surface area (Å²) in [6, 6.07) is 6.23. The number of likely N-dealkylation sites (tertiary alicyclic amines) is 1. The minimum atomic E-state index is -0.250. The molecule has 0 spiro atoms. The van der Waals surface area contributed by atoms with Crippen molar-refractivity contribution in [1.82, 2.24) is 5.32 Å². The molecule has 3 atom stereocenters. The quantitative estimate of drug-likeness (QED) is 0.851. The second-order valence-corrected chi connectivity index (χ2v) is 5.93. The molecule has 4 heteroatoms. The minimum absolute atomic E-state index is 0.0156. The largest absolute Gasteiger partial charge is 0.347 e. The number of carbonyl (C=O) groups is 1. The Labute approximate surface area is 120 Å². The Balaban J connectivity index is 1.83. The lowest BCUT2D eigenvalue weighted by molar-refractivity contribution is -0.922. The first-order valence-electron chi connectivity index (χ1n) is 7.43. The summed E-state index contributed by atoms with van der Waals surface area (Å²) in [4.78, 5) is 13.6. The number of rotatable bonds is 4. The molecule has 0 saturated carbocycles. The summed E-state index contributed by atoms with van der Waals surface area (Å²) >= 11 is 0. The standard InChI is InChI=1S/C16H23FN2O/c1-12-4-3-9-19(11-12)13(2)16(20)18-10-14-5-7-15(17)8-6-14/h5-8,12-13H,3-4,9-11H2,1-2H3,(H,18,20)/p+1/t12-,13-/m0/s1. The molecule has 1 aliphatic rings. The molecule has 110 valence electrons. The van der Waals surface area contributed by atoms with Crippen molar-refractivity contribution in [3.05, 3.63) is 35.6 Å². The van der Waals surface area contributed by atoms with Crippen LogP contribution in [0.1, 0.15) is 32.3 Å². The molecular weight excluding hydrogens is 255 g/mol. The molecule has 20 heavy (non-hydrogen) atoms. The van der Waals surface area contributed by atoms with Crippen LogP contribution in [-0.4, -0.2) is 25.0 Å². The third-order valence-corrected chi connectivity index (χ3v) is 4.19. The molecular formula is C16H24FN2O+. The van der Waals surface area contributed by atoms with Crippen molar-refractivity contribution in [2.24, 2.45) is 5.92 Å². The summed E-state index contributed by atoms with van der Waals surface area (Å²) in [7, 11) is 0. The first-order chi connectivity index (χ1) is 9.56. The first-order valence-corrected chi connectivity index (χ1v) is 7.43. The number of hydrogen-bond acceptors (Lipinski definition) is 1. The van der Waals surface area contributed by atoms with Gasteiger partial charge in [0.1, 0.15) is 5.82 Å². The van der Waals surface area contributed by atoms with Gasteiger partial charge in [-0.05, 0) is 37.5 Å². The molecule has 0 aliphatic carbocycles. The van der Waals surface area contributed by atoms with E-state index in [2.05, 4.69) is 12.2 Å². The van der Waals surface area contributed by atoms with Gasteiger partial charge in [-0.3, -0.25) is 4.79 Å². The minimum Gasteiger partial charge on any atom is -0.347 e. The van der Waals surface area contributed by atoms with Gasteiger partial charge in [-0.1, -0.05) is 19.1 Å². The lowest BCUT2D eigenvalue weighted by Gasteiger charge is -2.31. The number of halogens is 1. The summed E-state index contributed by atoms with van der Waals surface area (Å²) in [5, 5.41) is 2.95. The van der Waals surface area contributed by atoms with Gasteiger partial charge in [-0.25, -0.2) is 4.39 Å². The van der Waals surface area contributed by atoms with E-state index in [-0.39, 0.29) is 17.8 Å². The number of hydrogen-bond donors (Lipinski definition) is 2. The molecule has 3 nitrogen and oxygen atoms in total. The van der Waals surface area contributed by atoms with E-state index in [0.29, 0.717) is 12.5 Å². The van der Waals surface area contributed by atoms with Gasteiger partial charge in [0.05, 0.1) is 13.1 Å². The van der Waals surface area contributed by atoms with Crippen LogP contribution in [0.3, 0.4) is 0 Å². The second kappa shape index (κ2) is 6.84. The zero-order valence-electron chi connectivity index (χ0n) is 12.3. The van der Waals surface area contributed by atoms with Crippen LogP contribution in [0.25, 0.3) is 0 Å². The molecule has 1 aromatic carbocycles. The highest BCUT2D eigenvalue weighted by atomic mass is 19.1. The lowest BCUT2D eigenvalue weighted by Crippen LogP contribution is -3.18. The van der Waals surface area contributed by atoms with Gasteiger partial charge < -0.3 is 10.2 Å². The maximum absolute atomic E-state index is 12.8. The Morgan fingerprint density at radius 2 is 2.15 bits per heavy atom. The van der Waals surface area contributed by atoms with Crippen LogP contribution in [0.2, 0.25) is 0 Å². The van der Waals surface area contributed by atoms with Crippen LogP contribution in [0.4, 0.5) is 4.39 Å². The van der Waals surface area contributed by atoms with E-state index >= 15 is 0 Å². The topological polar surface area (TPSA) is 33.5 Å². The van der Waals surface area contributed by atoms with Crippen molar-refractivity contribution in [2.45, 2.75) is 39.3 Å². The zero-order valence-corrected chi connectivity index (χ0v) is 12.3. The van der Waals surface area contributed by atoms with Crippen LogP contribution in [-0.2, 0) is 11.3 Å². The molecule has 0 bridgehead atoms. The molecule has 1 saturated heterocycles. The van der Waals surface area contributed by atoms with E-state index in [0.717, 1.165) is 18.7 Å². The Kier molecular flexibility index (Phi) is 5.12. The van der Waals surface area contributed by atoms with E-state index in [1.165, 1.54) is 29.9 Å². The molecule has 1 fully saturated rings. The Bertz CT molecular complexity index is 446. The van der Waals surface area contributed by atoms with Gasteiger partial charge in [0.25, 0.3) is 5.91 Å². The summed E-state index contributed by atoms with van der Waals surface area (Å²) in [6.45, 7) is 6.86. The zero-order chi connectivity index (χ0) is 14.5. The van der Waals surface area contributed by atoms with Crippen LogP contribution in [0.5, 0.6) is 0 Å². The van der Waals surface area contributed by atoms with Crippen molar-refractivity contribution in [2.75, 3.05) is 13.1 Å². The molecule has 1 amide bonds. The predicted molar refractivity (Wildman–Crippen MR) is 76.8 cm³/mol. The Morgan fingerprint density at radius 1 is 1.45 bits per heavy atom. The molecule has 2 N–H and O–H groups in total. The number of piperidine rings is 1. The maximum atomic E-state index is 12.8. The van der Waals surface area contributed by atoms with Gasteiger partial charge in [0, 0.05) is 12.5 Å². The van der Waals surface area contributed by atoms with Crippen LogP contribution in [0, 0.1) is 11.7 Å². The normalized spacial score (nSPS) is 24.1. The fourth-order valence-corrected chi connectivity index (χ4v) is 2.85. The van der Waals surface area contributed by atoms with Gasteiger partial charge >= 0.3 is 0 Å². The van der Waals surface area contributed by atoms with Gasteiger partial charge in [-0.15, -0.1) is 0 Å². The monoisotopic (exact) mass is 279 g/mol. The highest BCUT2D eigenvalue weighted by Crippen LogP contribution is 2.06. The van der Waals surface area contributed by atoms with E-state index in [1.54, 1.807) is 12.1 Å². The molecule has 1 aliphatic heterocycles. The summed E-state index contributed by atoms with van der Waals surface area (Å²) < 4.78 is 12.8. The highest BCUT2D eigenvalue weighted by molar-refractivity contribution is 5.79. The fourth-order valence-electron chi connectivity index (χ4n) is 2.85. The number of carbonyl (C=O) groups excluding carboxylic acids is 1. The van der Waals surface area contributed by atoms with Crippen molar-refractivity contribution >= 4 is 5.91 Å². The predicted octanol–water partition coefficient (Wildman–Crippen LogP) is 1.15. The molecule has 1 unspecified atom stereocenters. The molecule has 1 aromatic rings. The smallest absolute Gasteiger partial charge is 0.278 e. The average Bonchev–Trinajstić information content (AvgIpc) is 2.45. The molecule has 0 aromatic heterocycles. The number of quaternary nitrogens is 1. The Hall–Kier alpha value is -1.42. The molecule has 1 heterocycles. The van der Waals surface area contributed by atoms with E-state index < -0.39 is 0 Å². The van der Waals surface area contributed by atoms with Crippen LogP contribution >= 0.6 is 0 Å². The van der Waals surface area contributed by atoms with Gasteiger partial charge in [-0.2, -0.15) is 0 Å². The first kappa shape index (κ1) is 15.0. The van der Waals surface area contributed by atoms with Crippen molar-refractivity contribution in [1.29, 1.82) is 0 Å². The SMILES string of the molecule is C[C@H]1CCC[NH+]([C@@H](C)C(=O)NCc2ccc(F)cc2)C1. The summed E-state index contributed by atoms with van der Waals surface area (Å²) in [6.07, 6.45) is 2.47. The summed E-state index contributed by atoms with van der Waals surface area (Å²) in [5.41, 5.74) is 0.925. The molecule has 2 rings (SSSR count). The van der Waals surface area contributed by atoms with Crippen molar-refractivity contribution in [3.8, 4) is 0 Å². The van der Waals surface area contributed by atoms with E-state index in [9.17, 15) is 9.18 Å². The average molecular weight is 279 g/mol. The third kappa shape index (κ3) is 4.04. The van der Waals surface area contributed by atoms with Gasteiger partial charge in [0.2, 0.25) is 0 Å². The number of amides is 1. The maximum Gasteiger partial charge on any atom is 0.278 e. The number of benzene rings is 1. The van der Waals surface area contributed by atoms with Gasteiger partial charge in [0.15, 0.2) is 6.04 Å². The Morgan fingerprint density at radius 3 is 2.80 bits per heavy atom. The van der Waals surface area contributed by atoms with Crippen molar-refractivity contribution < 1.29 is 14.1 Å². The third-order valence-electron chi connectivity index (χ3n) is 4.19. The van der Waals surface area contributed by atoms with E-state index in [4.69, 9.17) is 0 Å². The summed E-state index contributed by atoms with van der Waals surface area (Å²) in [5.74, 6) is 0.532. The second-order valence-electron chi connectivity index (χ2n) is 5.93. The lowest BCUT2D eigenvalue weighted by atomic mass is 9.99. The molecule has 0 radical (unpaired) electrons. The highest BCUT2D eigenvalue weighted by Gasteiger charge is 2.28. The van der Waals surface area contributed by atoms with Crippen molar-refractivity contribution in [3.63, 3.8) is 0 Å².